The van der Waals surface area contributed by atoms with Gasteiger partial charge in [-0.25, -0.2) is 4.98 Å². The van der Waals surface area contributed by atoms with E-state index in [2.05, 4.69) is 15.3 Å². The summed E-state index contributed by atoms with van der Waals surface area (Å²) >= 11 is 5.94. The van der Waals surface area contributed by atoms with E-state index >= 15 is 0 Å². The number of nitrogens with one attached hydrogen (secondary N) is 2. The van der Waals surface area contributed by atoms with Gasteiger partial charge in [-0.2, -0.15) is 0 Å². The number of nitrogens with zero attached hydrogens (tertiary/aromatic N) is 2. The van der Waals surface area contributed by atoms with E-state index in [9.17, 15) is 14.9 Å². The van der Waals surface area contributed by atoms with Gasteiger partial charge in [0.25, 0.3) is 11.2 Å². The first kappa shape index (κ1) is 15.9. The van der Waals surface area contributed by atoms with Crippen molar-refractivity contribution >= 4 is 33.9 Å². The molecule has 122 valence electrons. The summed E-state index contributed by atoms with van der Waals surface area (Å²) < 4.78 is 0. The normalized spacial score (nSPS) is 10.7. The quantitative estimate of drug-likeness (QED) is 0.547. The van der Waals surface area contributed by atoms with Gasteiger partial charge in [0.2, 0.25) is 0 Å². The highest BCUT2D eigenvalue weighted by atomic mass is 35.5. The number of nitro benzene ring substituents is 1. The molecule has 0 atom stereocenters. The van der Waals surface area contributed by atoms with Gasteiger partial charge < -0.3 is 10.3 Å². The minimum Gasteiger partial charge on any atom is -0.379 e. The average Bonchev–Trinajstić information content (AvgIpc) is 2.54. The van der Waals surface area contributed by atoms with Crippen LogP contribution in [-0.4, -0.2) is 21.4 Å². The van der Waals surface area contributed by atoms with Crippen LogP contribution in [0.25, 0.3) is 10.9 Å². The maximum atomic E-state index is 11.7. The molecule has 0 spiro atoms. The number of hydrogen-bond acceptors (Lipinski definition) is 5. The van der Waals surface area contributed by atoms with Crippen molar-refractivity contribution in [1.82, 2.24) is 9.97 Å². The number of aromatic amines is 1. The summed E-state index contributed by atoms with van der Waals surface area (Å²) in [6.45, 7) is 0.482. The Morgan fingerprint density at radius 3 is 2.88 bits per heavy atom. The largest absolute Gasteiger partial charge is 0.379 e. The monoisotopic (exact) mass is 344 g/mol. The molecule has 0 radical (unpaired) electrons. The second-order valence-corrected chi connectivity index (χ2v) is 5.62. The molecule has 1 heterocycles. The van der Waals surface area contributed by atoms with E-state index in [0.29, 0.717) is 29.2 Å². The number of nitro groups is 1. The molecule has 2 aromatic carbocycles. The van der Waals surface area contributed by atoms with Crippen molar-refractivity contribution in [2.45, 2.75) is 6.42 Å². The molecule has 7 nitrogen and oxygen atoms in total. The lowest BCUT2D eigenvalue weighted by Gasteiger charge is -2.08. The Balaban J connectivity index is 1.86. The molecule has 2 N–H and O–H groups in total. The van der Waals surface area contributed by atoms with Gasteiger partial charge >= 0.3 is 0 Å². The lowest BCUT2D eigenvalue weighted by molar-refractivity contribution is -0.383. The minimum atomic E-state index is -0.520. The summed E-state index contributed by atoms with van der Waals surface area (Å²) in [4.78, 5) is 28.9. The third kappa shape index (κ3) is 3.36. The van der Waals surface area contributed by atoms with Crippen LogP contribution in [0.15, 0.2) is 47.5 Å². The molecule has 8 heteroatoms. The number of fused-ring (bicyclic) bond motifs is 1. The molecule has 0 fully saturated rings. The third-order valence-corrected chi connectivity index (χ3v) is 3.81. The van der Waals surface area contributed by atoms with Crippen LogP contribution in [0.2, 0.25) is 5.02 Å². The lowest BCUT2D eigenvalue weighted by atomic mass is 10.1. The summed E-state index contributed by atoms with van der Waals surface area (Å²) in [5, 5.41) is 15.1. The lowest BCUT2D eigenvalue weighted by Crippen LogP contribution is -2.10. The van der Waals surface area contributed by atoms with Crippen LogP contribution in [0.4, 0.5) is 11.4 Å². The molecular formula is C16H13ClN4O3. The van der Waals surface area contributed by atoms with Crippen LogP contribution < -0.4 is 10.9 Å². The van der Waals surface area contributed by atoms with Crippen LogP contribution in [0.1, 0.15) is 5.56 Å². The third-order valence-electron chi connectivity index (χ3n) is 3.57. The van der Waals surface area contributed by atoms with E-state index in [1.54, 1.807) is 6.07 Å². The van der Waals surface area contributed by atoms with E-state index in [1.807, 2.05) is 18.2 Å². The van der Waals surface area contributed by atoms with E-state index in [1.165, 1.54) is 18.5 Å². The van der Waals surface area contributed by atoms with Gasteiger partial charge in [-0.15, -0.1) is 0 Å². The summed E-state index contributed by atoms with van der Waals surface area (Å²) in [6.07, 6.45) is 1.92. The molecule has 0 saturated heterocycles. The summed E-state index contributed by atoms with van der Waals surface area (Å²) in [6, 6.07) is 10.2. The van der Waals surface area contributed by atoms with Gasteiger partial charge in [-0.05, 0) is 30.2 Å². The van der Waals surface area contributed by atoms with Crippen molar-refractivity contribution in [2.75, 3.05) is 11.9 Å². The Labute approximate surface area is 141 Å². The molecule has 0 amide bonds. The van der Waals surface area contributed by atoms with Crippen molar-refractivity contribution in [3.05, 3.63) is 73.8 Å². The maximum Gasteiger partial charge on any atom is 0.293 e. The van der Waals surface area contributed by atoms with E-state index in [-0.39, 0.29) is 11.1 Å². The second kappa shape index (κ2) is 6.67. The first-order chi connectivity index (χ1) is 11.5. The minimum absolute atomic E-state index is 0.160. The Morgan fingerprint density at radius 2 is 2.12 bits per heavy atom. The molecule has 0 saturated carbocycles. The molecule has 0 unspecified atom stereocenters. The van der Waals surface area contributed by atoms with Crippen molar-refractivity contribution < 1.29 is 4.92 Å². The summed E-state index contributed by atoms with van der Waals surface area (Å²) in [5.74, 6) is 0. The fourth-order valence-corrected chi connectivity index (χ4v) is 2.64. The highest BCUT2D eigenvalue weighted by Gasteiger charge is 2.16. The Kier molecular flexibility index (Phi) is 4.43. The number of rotatable bonds is 5. The first-order valence-electron chi connectivity index (χ1n) is 7.19. The standard InChI is InChI=1S/C16H13ClN4O3/c17-11-3-1-2-10(6-11)4-5-18-14-8-13-12(7-15(14)21(23)24)16(22)20-9-19-13/h1-3,6-9,18H,4-5H2,(H,19,20,22). The number of benzene rings is 2. The van der Waals surface area contributed by atoms with Crippen LogP contribution in [0.3, 0.4) is 0 Å². The van der Waals surface area contributed by atoms with Crippen LogP contribution >= 0.6 is 11.6 Å². The fraction of sp³-hybridized carbons (Fsp3) is 0.125. The zero-order valence-corrected chi connectivity index (χ0v) is 13.2. The van der Waals surface area contributed by atoms with Crippen LogP contribution in [0.5, 0.6) is 0 Å². The van der Waals surface area contributed by atoms with Gasteiger partial charge in [0.05, 0.1) is 22.2 Å². The van der Waals surface area contributed by atoms with Gasteiger partial charge in [0.15, 0.2) is 0 Å². The number of H-pyrrole nitrogens is 1. The molecule has 0 aliphatic heterocycles. The van der Waals surface area contributed by atoms with Gasteiger partial charge in [-0.1, -0.05) is 23.7 Å². The molecule has 0 aliphatic carbocycles. The van der Waals surface area contributed by atoms with Crippen LogP contribution in [0, 0.1) is 10.1 Å². The number of halogens is 1. The number of anilines is 1. The smallest absolute Gasteiger partial charge is 0.293 e. The Morgan fingerprint density at radius 1 is 1.29 bits per heavy atom. The Bertz CT molecular complexity index is 971. The van der Waals surface area contributed by atoms with Crippen LogP contribution in [-0.2, 0) is 6.42 Å². The van der Waals surface area contributed by atoms with Gasteiger partial charge in [0, 0.05) is 17.6 Å². The molecule has 0 aliphatic rings. The number of aromatic nitrogens is 2. The van der Waals surface area contributed by atoms with Crippen molar-refractivity contribution in [2.24, 2.45) is 0 Å². The van der Waals surface area contributed by atoms with E-state index in [4.69, 9.17) is 11.6 Å². The SMILES string of the molecule is O=c1[nH]cnc2cc(NCCc3cccc(Cl)c3)c([N+](=O)[O-])cc12. The van der Waals surface area contributed by atoms with Gasteiger partial charge in [-0.3, -0.25) is 14.9 Å². The molecule has 3 rings (SSSR count). The van der Waals surface area contributed by atoms with Crippen molar-refractivity contribution in [3.8, 4) is 0 Å². The predicted molar refractivity (Wildman–Crippen MR) is 92.7 cm³/mol. The van der Waals surface area contributed by atoms with Gasteiger partial charge in [0.1, 0.15) is 5.69 Å². The number of hydrogen-bond donors (Lipinski definition) is 2. The molecule has 1 aromatic heterocycles. The summed E-state index contributed by atoms with van der Waals surface area (Å²) in [7, 11) is 0. The average molecular weight is 345 g/mol. The molecule has 0 bridgehead atoms. The second-order valence-electron chi connectivity index (χ2n) is 5.18. The first-order valence-corrected chi connectivity index (χ1v) is 7.56. The fourth-order valence-electron chi connectivity index (χ4n) is 2.43. The van der Waals surface area contributed by atoms with Crippen molar-refractivity contribution in [1.29, 1.82) is 0 Å². The summed E-state index contributed by atoms with van der Waals surface area (Å²) in [5.41, 5.74) is 1.18. The Hall–Kier alpha value is -2.93. The maximum absolute atomic E-state index is 11.7. The zero-order chi connectivity index (χ0) is 17.1. The predicted octanol–water partition coefficient (Wildman–Crippen LogP) is 3.14. The molecule has 3 aromatic rings. The molecule has 24 heavy (non-hydrogen) atoms. The van der Waals surface area contributed by atoms with Crippen molar-refractivity contribution in [3.63, 3.8) is 0 Å². The highest BCUT2D eigenvalue weighted by Crippen LogP contribution is 2.27. The highest BCUT2D eigenvalue weighted by molar-refractivity contribution is 6.30. The zero-order valence-electron chi connectivity index (χ0n) is 12.5. The van der Waals surface area contributed by atoms with E-state index in [0.717, 1.165) is 5.56 Å². The van der Waals surface area contributed by atoms with E-state index < -0.39 is 10.5 Å². The molecular weight excluding hydrogens is 332 g/mol. The topological polar surface area (TPSA) is 101 Å².